The van der Waals surface area contributed by atoms with Crippen molar-refractivity contribution in [1.82, 2.24) is 9.88 Å². The van der Waals surface area contributed by atoms with E-state index >= 15 is 0 Å². The molecule has 1 N–H and O–H groups in total. The van der Waals surface area contributed by atoms with E-state index < -0.39 is 6.17 Å². The molecule has 2 aliphatic rings. The number of rotatable bonds is 4. The van der Waals surface area contributed by atoms with Gasteiger partial charge in [-0.15, -0.1) is 0 Å². The molecular formula is C20H23BrFN3O. The zero-order valence-corrected chi connectivity index (χ0v) is 16.2. The normalized spacial score (nSPS) is 24.4. The molecule has 1 aliphatic heterocycles. The summed E-state index contributed by atoms with van der Waals surface area (Å²) in [6, 6.07) is 7.92. The maximum Gasteiger partial charge on any atom is 0.228 e. The molecule has 1 aliphatic carbocycles. The molecule has 0 radical (unpaired) electrons. The van der Waals surface area contributed by atoms with Crippen LogP contribution in [0.15, 0.2) is 34.9 Å². The van der Waals surface area contributed by atoms with Gasteiger partial charge in [-0.3, -0.25) is 9.69 Å². The zero-order valence-electron chi connectivity index (χ0n) is 14.6. The minimum atomic E-state index is -0.632. The number of nitrogens with one attached hydrogen (secondary N) is 1. The topological polar surface area (TPSA) is 45.2 Å². The van der Waals surface area contributed by atoms with E-state index in [1.54, 1.807) is 6.20 Å². The molecule has 4 nitrogen and oxygen atoms in total. The Kier molecular flexibility index (Phi) is 5.23. The molecule has 0 spiro atoms. The molecule has 6 heteroatoms. The highest BCUT2D eigenvalue weighted by Crippen LogP contribution is 2.31. The number of alkyl halides is 1. The van der Waals surface area contributed by atoms with Gasteiger partial charge in [-0.25, -0.2) is 9.37 Å². The van der Waals surface area contributed by atoms with E-state index in [2.05, 4.69) is 31.1 Å². The number of aromatic nitrogens is 1. The number of benzene rings is 1. The molecule has 1 saturated heterocycles. The molecule has 2 fully saturated rings. The van der Waals surface area contributed by atoms with Gasteiger partial charge in [0, 0.05) is 41.6 Å². The third kappa shape index (κ3) is 4.07. The van der Waals surface area contributed by atoms with Gasteiger partial charge in [-0.05, 0) is 55.2 Å². The fourth-order valence-electron chi connectivity index (χ4n) is 4.04. The Morgan fingerprint density at radius 3 is 2.69 bits per heavy atom. The molecule has 1 saturated carbocycles. The predicted molar refractivity (Wildman–Crippen MR) is 105 cm³/mol. The van der Waals surface area contributed by atoms with Crippen LogP contribution in [0.2, 0.25) is 0 Å². The van der Waals surface area contributed by atoms with Crippen LogP contribution in [0.5, 0.6) is 0 Å². The number of carbonyl (C=O) groups excluding carboxylic acids is 1. The molecule has 0 bridgehead atoms. The van der Waals surface area contributed by atoms with Crippen LogP contribution in [-0.4, -0.2) is 41.6 Å². The minimum Gasteiger partial charge on any atom is -0.310 e. The maximum absolute atomic E-state index is 12.9. The van der Waals surface area contributed by atoms with Gasteiger partial charge in [-0.1, -0.05) is 22.0 Å². The van der Waals surface area contributed by atoms with E-state index in [-0.39, 0.29) is 11.8 Å². The predicted octanol–water partition coefficient (Wildman–Crippen LogP) is 4.40. The third-order valence-corrected chi connectivity index (χ3v) is 6.07. The van der Waals surface area contributed by atoms with Crippen molar-refractivity contribution in [2.24, 2.45) is 11.8 Å². The van der Waals surface area contributed by atoms with E-state index in [0.29, 0.717) is 24.8 Å². The summed E-state index contributed by atoms with van der Waals surface area (Å²) >= 11 is 3.47. The van der Waals surface area contributed by atoms with Gasteiger partial charge in [0.15, 0.2) is 0 Å². The average molecular weight is 420 g/mol. The first-order chi connectivity index (χ1) is 12.6. The van der Waals surface area contributed by atoms with Crippen molar-refractivity contribution < 1.29 is 9.18 Å². The summed E-state index contributed by atoms with van der Waals surface area (Å²) in [7, 11) is 0. The van der Waals surface area contributed by atoms with Crippen LogP contribution in [0.1, 0.15) is 25.7 Å². The Morgan fingerprint density at radius 2 is 1.96 bits per heavy atom. The summed E-state index contributed by atoms with van der Waals surface area (Å²) < 4.78 is 13.9. The standard InChI is InChI=1S/C20H23BrFN3O/c21-17-6-5-15-9-23-19(8-16(15)7-17)24-20(26)14-3-1-13(2-4-14)10-25-11-18(22)12-25/h5-9,13-14,18H,1-4,10-12H2,(H,23,24,26)/t13-,14-. The molecular weight excluding hydrogens is 397 g/mol. The monoisotopic (exact) mass is 419 g/mol. The summed E-state index contributed by atoms with van der Waals surface area (Å²) in [6.45, 7) is 2.16. The summed E-state index contributed by atoms with van der Waals surface area (Å²) in [5.41, 5.74) is 0. The Balaban J connectivity index is 1.31. The lowest BCUT2D eigenvalue weighted by atomic mass is 9.81. The lowest BCUT2D eigenvalue weighted by Gasteiger charge is -2.38. The molecule has 2 heterocycles. The number of nitrogens with zero attached hydrogens (tertiary/aromatic N) is 2. The van der Waals surface area contributed by atoms with Gasteiger partial charge in [0.25, 0.3) is 0 Å². The van der Waals surface area contributed by atoms with Crippen molar-refractivity contribution in [3.8, 4) is 0 Å². The Bertz CT molecular complexity index is 801. The molecule has 138 valence electrons. The van der Waals surface area contributed by atoms with Crippen molar-refractivity contribution in [1.29, 1.82) is 0 Å². The highest BCUT2D eigenvalue weighted by molar-refractivity contribution is 9.10. The Morgan fingerprint density at radius 1 is 1.19 bits per heavy atom. The van der Waals surface area contributed by atoms with E-state index in [0.717, 1.165) is 47.5 Å². The number of halogens is 2. The molecule has 1 aromatic carbocycles. The average Bonchev–Trinajstić information content (AvgIpc) is 2.60. The molecule has 1 aromatic heterocycles. The number of amides is 1. The second-order valence-corrected chi connectivity index (χ2v) is 8.50. The Hall–Kier alpha value is -1.53. The minimum absolute atomic E-state index is 0.0524. The zero-order chi connectivity index (χ0) is 18.1. The number of fused-ring (bicyclic) bond motifs is 1. The lowest BCUT2D eigenvalue weighted by Crippen LogP contribution is -2.50. The Labute approximate surface area is 161 Å². The van der Waals surface area contributed by atoms with Crippen LogP contribution in [0.3, 0.4) is 0 Å². The maximum atomic E-state index is 12.9. The van der Waals surface area contributed by atoms with Crippen LogP contribution in [0, 0.1) is 11.8 Å². The van der Waals surface area contributed by atoms with Crippen molar-refractivity contribution in [3.05, 3.63) is 34.9 Å². The van der Waals surface area contributed by atoms with Crippen LogP contribution in [0.4, 0.5) is 10.2 Å². The van der Waals surface area contributed by atoms with E-state index in [9.17, 15) is 9.18 Å². The first-order valence-corrected chi connectivity index (χ1v) is 10.1. The molecule has 26 heavy (non-hydrogen) atoms. The van der Waals surface area contributed by atoms with Gasteiger partial charge in [0.2, 0.25) is 5.91 Å². The summed E-state index contributed by atoms with van der Waals surface area (Å²) in [5, 5.41) is 5.08. The second kappa shape index (κ2) is 7.61. The van der Waals surface area contributed by atoms with Crippen molar-refractivity contribution in [2.45, 2.75) is 31.9 Å². The van der Waals surface area contributed by atoms with Crippen LogP contribution < -0.4 is 5.32 Å². The van der Waals surface area contributed by atoms with Crippen LogP contribution in [0.25, 0.3) is 10.8 Å². The number of likely N-dealkylation sites (tertiary alicyclic amines) is 1. The first kappa shape index (κ1) is 17.9. The SMILES string of the molecule is O=C(Nc1cc2cc(Br)ccc2cn1)[C@H]1CC[C@H](CN2CC(F)C2)CC1. The van der Waals surface area contributed by atoms with Crippen LogP contribution in [-0.2, 0) is 4.79 Å². The van der Waals surface area contributed by atoms with Gasteiger partial charge in [0.1, 0.15) is 12.0 Å². The second-order valence-electron chi connectivity index (χ2n) is 7.58. The fourth-order valence-corrected chi connectivity index (χ4v) is 4.42. The number of hydrogen-bond donors (Lipinski definition) is 1. The number of carbonyl (C=O) groups is 1. The van der Waals surface area contributed by atoms with Crippen molar-refractivity contribution >= 4 is 38.4 Å². The largest absolute Gasteiger partial charge is 0.310 e. The first-order valence-electron chi connectivity index (χ1n) is 9.29. The molecule has 4 rings (SSSR count). The van der Waals surface area contributed by atoms with Crippen molar-refractivity contribution in [2.75, 3.05) is 25.0 Å². The molecule has 0 atom stereocenters. The summed E-state index contributed by atoms with van der Waals surface area (Å²) in [6.07, 6.45) is 5.06. The number of anilines is 1. The summed E-state index contributed by atoms with van der Waals surface area (Å²) in [5.74, 6) is 1.33. The fraction of sp³-hybridized carbons (Fsp3) is 0.500. The van der Waals surface area contributed by atoms with Crippen molar-refractivity contribution in [3.63, 3.8) is 0 Å². The molecule has 2 aromatic rings. The van der Waals surface area contributed by atoms with E-state index in [4.69, 9.17) is 0 Å². The number of hydrogen-bond acceptors (Lipinski definition) is 3. The van der Waals surface area contributed by atoms with Gasteiger partial charge < -0.3 is 5.32 Å². The van der Waals surface area contributed by atoms with Gasteiger partial charge >= 0.3 is 0 Å². The quantitative estimate of drug-likeness (QED) is 0.798. The molecule has 0 unspecified atom stereocenters. The number of pyridine rings is 1. The van der Waals surface area contributed by atoms with Gasteiger partial charge in [0.05, 0.1) is 0 Å². The van der Waals surface area contributed by atoms with E-state index in [1.807, 2.05) is 24.3 Å². The highest BCUT2D eigenvalue weighted by atomic mass is 79.9. The van der Waals surface area contributed by atoms with Gasteiger partial charge in [-0.2, -0.15) is 0 Å². The summed E-state index contributed by atoms with van der Waals surface area (Å²) in [4.78, 5) is 19.1. The third-order valence-electron chi connectivity index (χ3n) is 5.58. The van der Waals surface area contributed by atoms with Crippen LogP contribution >= 0.6 is 15.9 Å². The smallest absolute Gasteiger partial charge is 0.228 e. The van der Waals surface area contributed by atoms with E-state index in [1.165, 1.54) is 0 Å². The lowest BCUT2D eigenvalue weighted by molar-refractivity contribution is -0.121. The molecule has 1 amide bonds. The highest BCUT2D eigenvalue weighted by Gasteiger charge is 2.31.